The molecule has 0 bridgehead atoms. The van der Waals surface area contributed by atoms with Gasteiger partial charge in [0.2, 0.25) is 0 Å². The van der Waals surface area contributed by atoms with Crippen LogP contribution in [0.15, 0.2) is 47.4 Å². The zero-order valence-electron chi connectivity index (χ0n) is 8.79. The van der Waals surface area contributed by atoms with E-state index in [9.17, 15) is 8.42 Å². The van der Waals surface area contributed by atoms with Crippen molar-refractivity contribution in [1.29, 1.82) is 0 Å². The highest BCUT2D eigenvalue weighted by Crippen LogP contribution is 2.23. The van der Waals surface area contributed by atoms with Crippen molar-refractivity contribution in [3.8, 4) is 0 Å². The molecule has 0 saturated carbocycles. The first-order valence-electron chi connectivity index (χ1n) is 4.92. The largest absolute Gasteiger partial charge is 0.223 e. The molecule has 0 radical (unpaired) electrons. The summed E-state index contributed by atoms with van der Waals surface area (Å²) in [4.78, 5) is 0.328. The topological polar surface area (TPSA) is 34.1 Å². The van der Waals surface area contributed by atoms with Crippen LogP contribution in [0.5, 0.6) is 0 Å². The van der Waals surface area contributed by atoms with E-state index in [1.807, 2.05) is 30.3 Å². The highest BCUT2D eigenvalue weighted by molar-refractivity contribution is 8.04. The lowest BCUT2D eigenvalue weighted by molar-refractivity contribution is 0.595. The highest BCUT2D eigenvalue weighted by Gasteiger charge is 2.19. The maximum absolute atomic E-state index is 11.9. The van der Waals surface area contributed by atoms with Crippen LogP contribution in [0.3, 0.4) is 0 Å². The Bertz CT molecular complexity index is 616. The lowest BCUT2D eigenvalue weighted by atomic mass is 10.1. The van der Waals surface area contributed by atoms with Crippen LogP contribution in [-0.4, -0.2) is 13.0 Å². The van der Waals surface area contributed by atoms with Gasteiger partial charge in [0, 0.05) is 0 Å². The summed E-state index contributed by atoms with van der Waals surface area (Å²) in [6.45, 7) is 1.56. The second-order valence-electron chi connectivity index (χ2n) is 3.65. The van der Waals surface area contributed by atoms with Crippen molar-refractivity contribution in [2.45, 2.75) is 16.4 Å². The minimum Gasteiger partial charge on any atom is -0.223 e. The molecule has 84 valence electrons. The highest BCUT2D eigenvalue weighted by atomic mass is 32.2. The number of sulfone groups is 1. The fourth-order valence-corrected chi connectivity index (χ4v) is 2.85. The average molecular weight is 252 g/mol. The van der Waals surface area contributed by atoms with E-state index >= 15 is 0 Å². The first-order chi connectivity index (χ1) is 7.51. The van der Waals surface area contributed by atoms with Crippen molar-refractivity contribution in [2.75, 3.05) is 0 Å². The molecule has 0 aliphatic carbocycles. The molecule has 0 heterocycles. The van der Waals surface area contributed by atoms with Crippen LogP contribution in [0.25, 0.3) is 10.8 Å². The molecule has 1 unspecified atom stereocenters. The molecule has 1 atom stereocenters. The summed E-state index contributed by atoms with van der Waals surface area (Å²) in [7, 11) is -3.30. The van der Waals surface area contributed by atoms with Gasteiger partial charge >= 0.3 is 0 Å². The summed E-state index contributed by atoms with van der Waals surface area (Å²) in [5.41, 5.74) is 0. The molecular formula is C12H12O2S2. The van der Waals surface area contributed by atoms with Gasteiger partial charge in [-0.3, -0.25) is 0 Å². The molecule has 0 saturated heterocycles. The fraction of sp³-hybridized carbons (Fsp3) is 0.167. The van der Waals surface area contributed by atoms with Gasteiger partial charge in [0.1, 0.15) is 4.58 Å². The number of hydrogen-bond donors (Lipinski definition) is 1. The lowest BCUT2D eigenvalue weighted by Gasteiger charge is -2.07. The third kappa shape index (κ3) is 1.95. The maximum Gasteiger partial charge on any atom is 0.189 e. The first kappa shape index (κ1) is 11.5. The van der Waals surface area contributed by atoms with Crippen LogP contribution in [0.2, 0.25) is 0 Å². The summed E-state index contributed by atoms with van der Waals surface area (Å²) in [6, 6.07) is 12.8. The van der Waals surface area contributed by atoms with E-state index in [1.165, 1.54) is 0 Å². The van der Waals surface area contributed by atoms with E-state index in [0.717, 1.165) is 10.8 Å². The number of fused-ring (bicyclic) bond motifs is 1. The summed E-state index contributed by atoms with van der Waals surface area (Å²) in [5.74, 6) is 0. The van der Waals surface area contributed by atoms with E-state index in [0.29, 0.717) is 4.90 Å². The maximum atomic E-state index is 11.9. The molecule has 2 nitrogen and oxygen atoms in total. The third-order valence-corrected chi connectivity index (χ3v) is 5.14. The van der Waals surface area contributed by atoms with Gasteiger partial charge in [0.25, 0.3) is 0 Å². The van der Waals surface area contributed by atoms with E-state index < -0.39 is 14.4 Å². The van der Waals surface area contributed by atoms with Crippen molar-refractivity contribution < 1.29 is 8.42 Å². The van der Waals surface area contributed by atoms with Gasteiger partial charge in [0.05, 0.1) is 4.90 Å². The van der Waals surface area contributed by atoms with E-state index in [1.54, 1.807) is 19.1 Å². The molecule has 0 amide bonds. The summed E-state index contributed by atoms with van der Waals surface area (Å²) < 4.78 is 23.1. The van der Waals surface area contributed by atoms with Gasteiger partial charge in [-0.25, -0.2) is 8.42 Å². The van der Waals surface area contributed by atoms with Gasteiger partial charge in [-0.05, 0) is 29.8 Å². The Balaban J connectivity index is 2.65. The van der Waals surface area contributed by atoms with E-state index in [4.69, 9.17) is 0 Å². The van der Waals surface area contributed by atoms with E-state index in [2.05, 4.69) is 12.6 Å². The molecule has 0 spiro atoms. The summed E-state index contributed by atoms with van der Waals surface area (Å²) in [6.07, 6.45) is 0. The van der Waals surface area contributed by atoms with Crippen LogP contribution >= 0.6 is 12.6 Å². The summed E-state index contributed by atoms with van der Waals surface area (Å²) >= 11 is 4.00. The molecular weight excluding hydrogens is 240 g/mol. The van der Waals surface area contributed by atoms with Crippen LogP contribution in [0.1, 0.15) is 6.92 Å². The molecule has 0 aromatic heterocycles. The molecule has 2 aromatic rings. The van der Waals surface area contributed by atoms with Gasteiger partial charge in [-0.15, -0.1) is 0 Å². The van der Waals surface area contributed by atoms with E-state index in [-0.39, 0.29) is 0 Å². The second-order valence-corrected chi connectivity index (χ2v) is 7.05. The SMILES string of the molecule is CC(S)S(=O)(=O)c1ccc2ccccc2c1. The first-order valence-corrected chi connectivity index (χ1v) is 6.99. The van der Waals surface area contributed by atoms with Crippen molar-refractivity contribution >= 4 is 33.2 Å². The minimum atomic E-state index is -3.30. The summed E-state index contributed by atoms with van der Waals surface area (Å²) in [5, 5.41) is 1.96. The number of rotatable bonds is 2. The van der Waals surface area contributed by atoms with Crippen LogP contribution in [-0.2, 0) is 9.84 Å². The molecule has 2 aromatic carbocycles. The third-order valence-electron chi connectivity index (χ3n) is 2.50. The second kappa shape index (κ2) is 4.11. The van der Waals surface area contributed by atoms with Crippen molar-refractivity contribution in [1.82, 2.24) is 0 Å². The molecule has 2 rings (SSSR count). The van der Waals surface area contributed by atoms with Crippen LogP contribution in [0.4, 0.5) is 0 Å². The molecule has 0 N–H and O–H groups in total. The predicted octanol–water partition coefficient (Wildman–Crippen LogP) is 2.89. The van der Waals surface area contributed by atoms with Crippen LogP contribution in [0, 0.1) is 0 Å². The normalized spacial score (nSPS) is 13.9. The molecule has 0 aliphatic heterocycles. The quantitative estimate of drug-likeness (QED) is 0.834. The average Bonchev–Trinajstić information content (AvgIpc) is 2.28. The van der Waals surface area contributed by atoms with Gasteiger partial charge < -0.3 is 0 Å². The Kier molecular flexibility index (Phi) is 2.95. The van der Waals surface area contributed by atoms with Gasteiger partial charge in [0.15, 0.2) is 9.84 Å². The number of hydrogen-bond acceptors (Lipinski definition) is 3. The Morgan fingerprint density at radius 2 is 1.69 bits per heavy atom. The van der Waals surface area contributed by atoms with Gasteiger partial charge in [-0.1, -0.05) is 30.3 Å². The molecule has 16 heavy (non-hydrogen) atoms. The molecule has 0 fully saturated rings. The number of benzene rings is 2. The zero-order valence-corrected chi connectivity index (χ0v) is 10.5. The smallest absolute Gasteiger partial charge is 0.189 e. The molecule has 0 aliphatic rings. The Morgan fingerprint density at radius 1 is 1.06 bits per heavy atom. The zero-order chi connectivity index (χ0) is 11.8. The fourth-order valence-electron chi connectivity index (χ4n) is 1.54. The minimum absolute atomic E-state index is 0.328. The monoisotopic (exact) mass is 252 g/mol. The molecule has 4 heteroatoms. The van der Waals surface area contributed by atoms with Gasteiger partial charge in [-0.2, -0.15) is 12.6 Å². The Hall–Kier alpha value is -1.00. The standard InChI is InChI=1S/C12H12O2S2/c1-9(15)16(13,14)12-7-6-10-4-2-3-5-11(10)8-12/h2-9,15H,1H3. The number of thiol groups is 1. The lowest BCUT2D eigenvalue weighted by Crippen LogP contribution is -2.11. The van der Waals surface area contributed by atoms with Crippen molar-refractivity contribution in [3.63, 3.8) is 0 Å². The Morgan fingerprint density at radius 3 is 2.31 bits per heavy atom. The van der Waals surface area contributed by atoms with Crippen molar-refractivity contribution in [3.05, 3.63) is 42.5 Å². The predicted molar refractivity (Wildman–Crippen MR) is 69.6 cm³/mol. The van der Waals surface area contributed by atoms with Crippen molar-refractivity contribution in [2.24, 2.45) is 0 Å². The van der Waals surface area contributed by atoms with Crippen LogP contribution < -0.4 is 0 Å². The Labute approximate surface area is 101 Å².